The molecule has 32 heavy (non-hydrogen) atoms. The molecule has 1 N–H and O–H groups in total. The zero-order valence-electron chi connectivity index (χ0n) is 19.4. The highest BCUT2D eigenvalue weighted by molar-refractivity contribution is 5.98. The fourth-order valence-electron chi connectivity index (χ4n) is 4.81. The van der Waals surface area contributed by atoms with E-state index in [1.807, 2.05) is 0 Å². The lowest BCUT2D eigenvalue weighted by Gasteiger charge is -2.29. The summed E-state index contributed by atoms with van der Waals surface area (Å²) >= 11 is 0. The van der Waals surface area contributed by atoms with Crippen molar-refractivity contribution in [2.75, 3.05) is 26.7 Å². The molecule has 0 bridgehead atoms. The largest absolute Gasteiger partial charge is 0.396 e. The van der Waals surface area contributed by atoms with Crippen molar-refractivity contribution in [2.45, 2.75) is 38.5 Å². The predicted molar refractivity (Wildman–Crippen MR) is 136 cm³/mol. The van der Waals surface area contributed by atoms with E-state index in [4.69, 9.17) is 0 Å². The Hall–Kier alpha value is -2.68. The first kappa shape index (κ1) is 22.5. The molecule has 3 aromatic carbocycles. The molecule has 1 aliphatic heterocycles. The van der Waals surface area contributed by atoms with Crippen molar-refractivity contribution in [1.82, 2.24) is 4.90 Å². The van der Waals surface area contributed by atoms with Crippen LogP contribution < -0.4 is 0 Å². The third-order valence-electron chi connectivity index (χ3n) is 6.74. The second kappa shape index (κ2) is 10.8. The number of benzene rings is 3. The summed E-state index contributed by atoms with van der Waals surface area (Å²) < 4.78 is 0. The van der Waals surface area contributed by atoms with Crippen LogP contribution in [0.15, 0.2) is 78.9 Å². The van der Waals surface area contributed by atoms with Gasteiger partial charge in [-0.15, -0.1) is 0 Å². The molecule has 1 heterocycles. The Kier molecular flexibility index (Phi) is 7.57. The Balaban J connectivity index is 1.78. The first-order valence-electron chi connectivity index (χ1n) is 11.9. The average molecular weight is 426 g/mol. The highest BCUT2D eigenvalue weighted by Gasteiger charge is 2.19. The van der Waals surface area contributed by atoms with Crippen molar-refractivity contribution >= 4 is 11.1 Å². The number of hydrogen-bond acceptors (Lipinski definition) is 2. The van der Waals surface area contributed by atoms with Gasteiger partial charge in [0, 0.05) is 6.61 Å². The Morgan fingerprint density at radius 2 is 1.41 bits per heavy atom. The minimum atomic E-state index is 0.201. The normalized spacial score (nSPS) is 16.1. The summed E-state index contributed by atoms with van der Waals surface area (Å²) in [5.74, 6) is 0.662. The number of nitrogens with zero attached hydrogens (tertiary/aromatic N) is 1. The molecule has 0 radical (unpaired) electrons. The van der Waals surface area contributed by atoms with E-state index in [0.29, 0.717) is 5.92 Å². The molecule has 0 unspecified atom stereocenters. The third kappa shape index (κ3) is 5.38. The number of rotatable bonds is 7. The van der Waals surface area contributed by atoms with Gasteiger partial charge in [0.15, 0.2) is 0 Å². The van der Waals surface area contributed by atoms with Crippen molar-refractivity contribution in [3.05, 3.63) is 107 Å². The van der Waals surface area contributed by atoms with Crippen molar-refractivity contribution in [2.24, 2.45) is 0 Å². The average Bonchev–Trinajstić information content (AvgIpc) is 2.84. The summed E-state index contributed by atoms with van der Waals surface area (Å²) in [5, 5.41) is 9.59. The lowest BCUT2D eigenvalue weighted by atomic mass is 9.85. The molecule has 1 saturated heterocycles. The lowest BCUT2D eigenvalue weighted by molar-refractivity contribution is 0.255. The fraction of sp³-hybridized carbons (Fsp3) is 0.333. The Labute approximate surface area is 193 Å². The number of aryl methyl sites for hydroxylation is 1. The van der Waals surface area contributed by atoms with E-state index in [0.717, 1.165) is 12.8 Å². The van der Waals surface area contributed by atoms with E-state index >= 15 is 0 Å². The second-order valence-corrected chi connectivity index (χ2v) is 9.11. The van der Waals surface area contributed by atoms with E-state index in [-0.39, 0.29) is 6.61 Å². The van der Waals surface area contributed by atoms with Crippen molar-refractivity contribution in [3.63, 3.8) is 0 Å². The minimum Gasteiger partial charge on any atom is -0.396 e. The number of aliphatic hydroxyl groups excluding tert-OH is 1. The predicted octanol–water partition coefficient (Wildman–Crippen LogP) is 6.54. The number of piperidine rings is 1. The van der Waals surface area contributed by atoms with Gasteiger partial charge >= 0.3 is 0 Å². The molecule has 3 aromatic rings. The van der Waals surface area contributed by atoms with Gasteiger partial charge in [-0.3, -0.25) is 0 Å². The number of hydrogen-bond donors (Lipinski definition) is 1. The molecule has 0 amide bonds. The summed E-state index contributed by atoms with van der Waals surface area (Å²) in [6, 6.07) is 28.8. The lowest BCUT2D eigenvalue weighted by Crippen LogP contribution is -2.29. The van der Waals surface area contributed by atoms with Gasteiger partial charge in [0.05, 0.1) is 0 Å². The maximum absolute atomic E-state index is 9.59. The quantitative estimate of drug-likeness (QED) is 0.435. The smallest absolute Gasteiger partial charge is 0.0434 e. The summed E-state index contributed by atoms with van der Waals surface area (Å²) in [4.78, 5) is 2.43. The van der Waals surface area contributed by atoms with Gasteiger partial charge in [-0.25, -0.2) is 0 Å². The standard InChI is InChI=1S/C30H35NO/c1-23-10-12-27(13-11-23)30(29(9-6-22-32)26-7-4-3-5-8-26)28-16-14-24(15-17-28)25-18-20-31(2)21-19-25/h3-5,7-8,10-17,25,32H,6,9,18-22H2,1-2H3/b30-29-. The summed E-state index contributed by atoms with van der Waals surface area (Å²) in [6.45, 7) is 4.69. The van der Waals surface area contributed by atoms with Gasteiger partial charge in [0.1, 0.15) is 0 Å². The van der Waals surface area contributed by atoms with E-state index in [2.05, 4.69) is 97.7 Å². The number of likely N-dealkylation sites (tertiary alicyclic amines) is 1. The first-order valence-corrected chi connectivity index (χ1v) is 11.9. The topological polar surface area (TPSA) is 23.5 Å². The van der Waals surface area contributed by atoms with Crippen molar-refractivity contribution in [1.29, 1.82) is 0 Å². The van der Waals surface area contributed by atoms with Gasteiger partial charge in [-0.1, -0.05) is 84.4 Å². The molecule has 1 fully saturated rings. The van der Waals surface area contributed by atoms with Crippen LogP contribution in [0.3, 0.4) is 0 Å². The number of aliphatic hydroxyl groups is 1. The van der Waals surface area contributed by atoms with Crippen LogP contribution in [-0.2, 0) is 0 Å². The van der Waals surface area contributed by atoms with E-state index in [9.17, 15) is 5.11 Å². The van der Waals surface area contributed by atoms with E-state index in [1.54, 1.807) is 0 Å². The molecule has 0 atom stereocenters. The van der Waals surface area contributed by atoms with Gasteiger partial charge in [-0.2, -0.15) is 0 Å². The summed E-state index contributed by atoms with van der Waals surface area (Å²) in [5.41, 5.74) is 9.02. The molecule has 0 spiro atoms. The molecular weight excluding hydrogens is 390 g/mol. The Morgan fingerprint density at radius 1 is 0.812 bits per heavy atom. The molecule has 0 aliphatic carbocycles. The van der Waals surface area contributed by atoms with Gasteiger partial charge in [0.25, 0.3) is 0 Å². The molecule has 0 saturated carbocycles. The number of allylic oxidation sites excluding steroid dienone is 1. The van der Waals surface area contributed by atoms with Crippen LogP contribution in [0.1, 0.15) is 59.4 Å². The van der Waals surface area contributed by atoms with Crippen LogP contribution in [0.25, 0.3) is 11.1 Å². The van der Waals surface area contributed by atoms with Gasteiger partial charge in [0.2, 0.25) is 0 Å². The second-order valence-electron chi connectivity index (χ2n) is 9.11. The van der Waals surface area contributed by atoms with Crippen LogP contribution in [-0.4, -0.2) is 36.8 Å². The van der Waals surface area contributed by atoms with Crippen LogP contribution in [0.5, 0.6) is 0 Å². The third-order valence-corrected chi connectivity index (χ3v) is 6.74. The van der Waals surface area contributed by atoms with Gasteiger partial charge < -0.3 is 10.0 Å². The molecule has 166 valence electrons. The van der Waals surface area contributed by atoms with Gasteiger partial charge in [-0.05, 0) is 92.1 Å². The Bertz CT molecular complexity index is 1010. The first-order chi connectivity index (χ1) is 15.7. The van der Waals surface area contributed by atoms with Crippen molar-refractivity contribution < 1.29 is 5.11 Å². The van der Waals surface area contributed by atoms with E-state index in [1.165, 1.54) is 64.9 Å². The van der Waals surface area contributed by atoms with Crippen molar-refractivity contribution in [3.8, 4) is 0 Å². The fourth-order valence-corrected chi connectivity index (χ4v) is 4.81. The molecule has 2 nitrogen and oxygen atoms in total. The zero-order valence-corrected chi connectivity index (χ0v) is 19.4. The maximum atomic E-state index is 9.59. The SMILES string of the molecule is Cc1ccc(/C(=C(\CCCO)c2ccccc2)c2ccc(C3CCN(C)CC3)cc2)cc1. The Morgan fingerprint density at radius 3 is 2.00 bits per heavy atom. The molecule has 0 aromatic heterocycles. The van der Waals surface area contributed by atoms with Crippen LogP contribution in [0.2, 0.25) is 0 Å². The minimum absolute atomic E-state index is 0.201. The van der Waals surface area contributed by atoms with Crippen LogP contribution >= 0.6 is 0 Å². The maximum Gasteiger partial charge on any atom is 0.0434 e. The molecule has 2 heteroatoms. The summed E-state index contributed by atoms with van der Waals surface area (Å²) in [6.07, 6.45) is 4.08. The molecule has 1 aliphatic rings. The monoisotopic (exact) mass is 425 g/mol. The molecule has 4 rings (SSSR count). The zero-order chi connectivity index (χ0) is 22.3. The van der Waals surface area contributed by atoms with E-state index < -0.39 is 0 Å². The van der Waals surface area contributed by atoms with Crippen LogP contribution in [0, 0.1) is 6.92 Å². The molecular formula is C30H35NO. The van der Waals surface area contributed by atoms with Crippen LogP contribution in [0.4, 0.5) is 0 Å². The summed E-state index contributed by atoms with van der Waals surface area (Å²) in [7, 11) is 2.22. The highest BCUT2D eigenvalue weighted by atomic mass is 16.2. The highest BCUT2D eigenvalue weighted by Crippen LogP contribution is 2.36.